The summed E-state index contributed by atoms with van der Waals surface area (Å²) in [6, 6.07) is 6.92. The SMILES string of the molecule is CCC1NCCn2c(-c3ccccc3F)nnc21. The van der Waals surface area contributed by atoms with Crippen molar-refractivity contribution < 1.29 is 4.39 Å². The largest absolute Gasteiger partial charge is 0.308 e. The number of halogens is 1. The molecule has 0 amide bonds. The van der Waals surface area contributed by atoms with Gasteiger partial charge in [0, 0.05) is 13.1 Å². The molecule has 94 valence electrons. The van der Waals surface area contributed by atoms with Gasteiger partial charge >= 0.3 is 0 Å². The van der Waals surface area contributed by atoms with Crippen LogP contribution in [0.5, 0.6) is 0 Å². The molecule has 1 aromatic carbocycles. The van der Waals surface area contributed by atoms with Gasteiger partial charge in [0.25, 0.3) is 0 Å². The fourth-order valence-corrected chi connectivity index (χ4v) is 2.40. The Bertz CT molecular complexity index is 564. The molecule has 5 heteroatoms. The van der Waals surface area contributed by atoms with E-state index in [0.717, 1.165) is 25.3 Å². The molecular formula is C13H15FN4. The van der Waals surface area contributed by atoms with E-state index in [-0.39, 0.29) is 11.9 Å². The van der Waals surface area contributed by atoms with Gasteiger partial charge in [0.1, 0.15) is 5.82 Å². The smallest absolute Gasteiger partial charge is 0.167 e. The van der Waals surface area contributed by atoms with E-state index in [4.69, 9.17) is 0 Å². The number of hydrogen-bond donors (Lipinski definition) is 1. The summed E-state index contributed by atoms with van der Waals surface area (Å²) in [6.07, 6.45) is 0.954. The summed E-state index contributed by atoms with van der Waals surface area (Å²) in [4.78, 5) is 0. The highest BCUT2D eigenvalue weighted by molar-refractivity contribution is 5.56. The molecule has 4 nitrogen and oxygen atoms in total. The fourth-order valence-electron chi connectivity index (χ4n) is 2.40. The molecule has 1 aromatic heterocycles. The van der Waals surface area contributed by atoms with Crippen LogP contribution in [-0.4, -0.2) is 21.3 Å². The predicted molar refractivity (Wildman–Crippen MR) is 66.5 cm³/mol. The van der Waals surface area contributed by atoms with Crippen LogP contribution in [0.4, 0.5) is 4.39 Å². The molecular weight excluding hydrogens is 231 g/mol. The second-order valence-electron chi connectivity index (χ2n) is 4.43. The molecule has 0 saturated carbocycles. The van der Waals surface area contributed by atoms with Gasteiger partial charge in [-0.15, -0.1) is 10.2 Å². The molecule has 0 fully saturated rings. The van der Waals surface area contributed by atoms with Crippen molar-refractivity contribution >= 4 is 0 Å². The highest BCUT2D eigenvalue weighted by Gasteiger charge is 2.24. The Hall–Kier alpha value is -1.75. The van der Waals surface area contributed by atoms with E-state index < -0.39 is 0 Å². The Balaban J connectivity index is 2.10. The zero-order chi connectivity index (χ0) is 12.5. The number of rotatable bonds is 2. The third-order valence-electron chi connectivity index (χ3n) is 3.34. The number of nitrogens with zero attached hydrogens (tertiary/aromatic N) is 3. The van der Waals surface area contributed by atoms with Crippen molar-refractivity contribution in [1.29, 1.82) is 0 Å². The molecule has 0 radical (unpaired) electrons. The molecule has 1 aliphatic rings. The second-order valence-corrected chi connectivity index (χ2v) is 4.43. The van der Waals surface area contributed by atoms with Crippen LogP contribution in [0, 0.1) is 5.82 Å². The highest BCUT2D eigenvalue weighted by Crippen LogP contribution is 2.26. The molecule has 3 rings (SSSR count). The summed E-state index contributed by atoms with van der Waals surface area (Å²) in [5.41, 5.74) is 0.521. The number of hydrogen-bond acceptors (Lipinski definition) is 3. The molecule has 0 bridgehead atoms. The molecule has 1 atom stereocenters. The van der Waals surface area contributed by atoms with Gasteiger partial charge in [-0.2, -0.15) is 0 Å². The first-order valence-electron chi connectivity index (χ1n) is 6.22. The lowest BCUT2D eigenvalue weighted by Gasteiger charge is -2.24. The Morgan fingerprint density at radius 1 is 1.39 bits per heavy atom. The fraction of sp³-hybridized carbons (Fsp3) is 0.385. The molecule has 1 unspecified atom stereocenters. The molecule has 0 saturated heterocycles. The van der Waals surface area contributed by atoms with Crippen LogP contribution in [0.15, 0.2) is 24.3 Å². The van der Waals surface area contributed by atoms with Crippen LogP contribution in [-0.2, 0) is 6.54 Å². The van der Waals surface area contributed by atoms with Gasteiger partial charge in [-0.1, -0.05) is 19.1 Å². The maximum atomic E-state index is 13.8. The lowest BCUT2D eigenvalue weighted by atomic mass is 10.1. The quantitative estimate of drug-likeness (QED) is 0.882. The molecule has 2 heterocycles. The maximum absolute atomic E-state index is 13.8. The first-order valence-corrected chi connectivity index (χ1v) is 6.22. The summed E-state index contributed by atoms with van der Waals surface area (Å²) in [6.45, 7) is 3.75. The Kier molecular flexibility index (Phi) is 2.83. The van der Waals surface area contributed by atoms with E-state index in [1.54, 1.807) is 12.1 Å². The van der Waals surface area contributed by atoms with E-state index in [9.17, 15) is 4.39 Å². The first kappa shape index (κ1) is 11.3. The zero-order valence-electron chi connectivity index (χ0n) is 10.2. The average molecular weight is 246 g/mol. The maximum Gasteiger partial charge on any atom is 0.167 e. The lowest BCUT2D eigenvalue weighted by molar-refractivity contribution is 0.407. The Morgan fingerprint density at radius 2 is 2.22 bits per heavy atom. The van der Waals surface area contributed by atoms with Gasteiger partial charge in [0.2, 0.25) is 0 Å². The number of benzene rings is 1. The van der Waals surface area contributed by atoms with E-state index in [0.29, 0.717) is 11.4 Å². The van der Waals surface area contributed by atoms with Crippen LogP contribution in [0.1, 0.15) is 25.2 Å². The van der Waals surface area contributed by atoms with Crippen LogP contribution < -0.4 is 5.32 Å². The number of nitrogens with one attached hydrogen (secondary N) is 1. The third-order valence-corrected chi connectivity index (χ3v) is 3.34. The molecule has 0 spiro atoms. The van der Waals surface area contributed by atoms with Gasteiger partial charge < -0.3 is 9.88 Å². The lowest BCUT2D eigenvalue weighted by Crippen LogP contribution is -2.33. The van der Waals surface area contributed by atoms with Crippen molar-refractivity contribution in [1.82, 2.24) is 20.1 Å². The van der Waals surface area contributed by atoms with Gasteiger partial charge in [-0.3, -0.25) is 0 Å². The summed E-state index contributed by atoms with van der Waals surface area (Å²) in [5.74, 6) is 1.28. The normalized spacial score (nSPS) is 18.7. The van der Waals surface area contributed by atoms with Crippen molar-refractivity contribution in [3.63, 3.8) is 0 Å². The van der Waals surface area contributed by atoms with Crippen molar-refractivity contribution in [3.8, 4) is 11.4 Å². The van der Waals surface area contributed by atoms with Gasteiger partial charge in [0.05, 0.1) is 11.6 Å². The standard InChI is InChI=1S/C13H15FN4/c1-2-11-13-17-16-12(18(13)8-7-15-11)9-5-3-4-6-10(9)14/h3-6,11,15H,2,7-8H2,1H3. The van der Waals surface area contributed by atoms with Crippen LogP contribution >= 0.6 is 0 Å². The average Bonchev–Trinajstić information content (AvgIpc) is 2.83. The van der Waals surface area contributed by atoms with Crippen LogP contribution in [0.3, 0.4) is 0 Å². The van der Waals surface area contributed by atoms with E-state index in [1.165, 1.54) is 6.07 Å². The van der Waals surface area contributed by atoms with Crippen molar-refractivity contribution in [2.75, 3.05) is 6.54 Å². The van der Waals surface area contributed by atoms with Crippen LogP contribution in [0.25, 0.3) is 11.4 Å². The minimum absolute atomic E-state index is 0.215. The Morgan fingerprint density at radius 3 is 3.00 bits per heavy atom. The van der Waals surface area contributed by atoms with Crippen molar-refractivity contribution in [2.45, 2.75) is 25.9 Å². The van der Waals surface area contributed by atoms with Crippen molar-refractivity contribution in [3.05, 3.63) is 35.9 Å². The van der Waals surface area contributed by atoms with Gasteiger partial charge in [-0.25, -0.2) is 4.39 Å². The molecule has 2 aromatic rings. The topological polar surface area (TPSA) is 42.7 Å². The predicted octanol–water partition coefficient (Wildman–Crippen LogP) is 2.14. The summed E-state index contributed by atoms with van der Waals surface area (Å²) >= 11 is 0. The van der Waals surface area contributed by atoms with Crippen molar-refractivity contribution in [2.24, 2.45) is 0 Å². The minimum atomic E-state index is -0.251. The number of fused-ring (bicyclic) bond motifs is 1. The Labute approximate surface area is 105 Å². The highest BCUT2D eigenvalue weighted by atomic mass is 19.1. The molecule has 1 N–H and O–H groups in total. The third kappa shape index (κ3) is 1.71. The molecule has 1 aliphatic heterocycles. The van der Waals surface area contributed by atoms with E-state index in [1.807, 2.05) is 10.6 Å². The number of aromatic nitrogens is 3. The molecule has 0 aliphatic carbocycles. The van der Waals surface area contributed by atoms with Gasteiger partial charge in [0.15, 0.2) is 11.6 Å². The summed E-state index contributed by atoms with van der Waals surface area (Å²) < 4.78 is 15.8. The summed E-state index contributed by atoms with van der Waals surface area (Å²) in [7, 11) is 0. The zero-order valence-corrected chi connectivity index (χ0v) is 10.2. The molecule has 18 heavy (non-hydrogen) atoms. The van der Waals surface area contributed by atoms with Gasteiger partial charge in [-0.05, 0) is 18.6 Å². The summed E-state index contributed by atoms with van der Waals surface area (Å²) in [5, 5.41) is 11.8. The second kappa shape index (κ2) is 4.49. The van der Waals surface area contributed by atoms with E-state index >= 15 is 0 Å². The monoisotopic (exact) mass is 246 g/mol. The van der Waals surface area contributed by atoms with Crippen LogP contribution in [0.2, 0.25) is 0 Å². The first-order chi connectivity index (χ1) is 8.81. The van der Waals surface area contributed by atoms with E-state index in [2.05, 4.69) is 22.4 Å². The minimum Gasteiger partial charge on any atom is -0.308 e.